The first-order chi connectivity index (χ1) is 12.7. The fourth-order valence-electron chi connectivity index (χ4n) is 5.09. The van der Waals surface area contributed by atoms with E-state index in [1.807, 2.05) is 18.2 Å². The molecule has 0 radical (unpaired) electrons. The number of esters is 1. The molecule has 4 atom stereocenters. The highest BCUT2D eigenvalue weighted by Crippen LogP contribution is 2.44. The molecule has 3 aliphatic heterocycles. The fraction of sp³-hybridized carbons (Fsp3) is 0.429. The number of methoxy groups -OCH3 is 1. The standard InChI is InChI=1S/C21H22N2O3/c1-26-21(25)19-15-10-17-20-14(13-4-2-3-5-16(13)22-20)8-9-23(17)11-12(15)6-7-18(19)24/h2-5,8-9,12,15,18-19,24H,6-7,10-11H2,1H3/t12-,15+,18-,19+/m0/s1. The van der Waals surface area contributed by atoms with E-state index in [9.17, 15) is 9.90 Å². The molecule has 3 heterocycles. The SMILES string of the molecule is COC(=O)[C@@H]1[C@@H]2Cc3c4nc5ccccc5c-4ccn3C[C@@H]2CC[C@@H]1O. The quantitative estimate of drug-likeness (QED) is 0.686. The van der Waals surface area contributed by atoms with Crippen molar-refractivity contribution >= 4 is 16.9 Å². The van der Waals surface area contributed by atoms with E-state index in [0.29, 0.717) is 12.3 Å². The molecule has 1 fully saturated rings. The van der Waals surface area contributed by atoms with Gasteiger partial charge in [-0.05, 0) is 43.2 Å². The first-order valence-corrected chi connectivity index (χ1v) is 9.29. The van der Waals surface area contributed by atoms with Crippen molar-refractivity contribution in [2.24, 2.45) is 17.8 Å². The van der Waals surface area contributed by atoms with E-state index in [1.54, 1.807) is 0 Å². The van der Waals surface area contributed by atoms with Crippen LogP contribution in [0.25, 0.3) is 22.2 Å². The Kier molecular flexibility index (Phi) is 3.54. The maximum atomic E-state index is 12.3. The van der Waals surface area contributed by atoms with Crippen molar-refractivity contribution in [1.82, 2.24) is 9.55 Å². The van der Waals surface area contributed by atoms with Gasteiger partial charge >= 0.3 is 5.97 Å². The van der Waals surface area contributed by atoms with Crippen LogP contribution in [0.2, 0.25) is 0 Å². The number of aliphatic hydroxyl groups excluding tert-OH is 1. The summed E-state index contributed by atoms with van der Waals surface area (Å²) in [5.41, 5.74) is 4.36. The molecule has 134 valence electrons. The Labute approximate surface area is 151 Å². The van der Waals surface area contributed by atoms with Crippen molar-refractivity contribution < 1.29 is 14.6 Å². The number of aliphatic hydroxyl groups is 1. The Balaban J connectivity index is 1.62. The molecule has 1 saturated carbocycles. The molecular formula is C21H22N2O3. The van der Waals surface area contributed by atoms with Crippen molar-refractivity contribution in [3.8, 4) is 11.3 Å². The smallest absolute Gasteiger partial charge is 0.311 e. The van der Waals surface area contributed by atoms with Crippen molar-refractivity contribution in [2.45, 2.75) is 31.9 Å². The number of para-hydroxylation sites is 1. The predicted octanol–water partition coefficient (Wildman–Crippen LogP) is 2.87. The topological polar surface area (TPSA) is 64.3 Å². The number of benzene rings is 1. The second-order valence-electron chi connectivity index (χ2n) is 7.63. The van der Waals surface area contributed by atoms with Gasteiger partial charge in [0.2, 0.25) is 0 Å². The molecule has 0 spiro atoms. The number of ether oxygens (including phenoxy) is 1. The summed E-state index contributed by atoms with van der Waals surface area (Å²) in [4.78, 5) is 17.2. The van der Waals surface area contributed by atoms with Crippen molar-refractivity contribution in [1.29, 1.82) is 0 Å². The minimum absolute atomic E-state index is 0.108. The summed E-state index contributed by atoms with van der Waals surface area (Å²) in [7, 11) is 1.41. The van der Waals surface area contributed by atoms with E-state index in [1.165, 1.54) is 18.2 Å². The molecule has 26 heavy (non-hydrogen) atoms. The van der Waals surface area contributed by atoms with Crippen LogP contribution in [0, 0.1) is 17.8 Å². The monoisotopic (exact) mass is 350 g/mol. The molecule has 1 aromatic rings. The number of hydrogen-bond acceptors (Lipinski definition) is 4. The van der Waals surface area contributed by atoms with Gasteiger partial charge in [0.1, 0.15) is 0 Å². The van der Waals surface area contributed by atoms with Gasteiger partial charge in [0, 0.05) is 29.4 Å². The molecule has 5 rings (SSSR count). The third kappa shape index (κ3) is 2.20. The van der Waals surface area contributed by atoms with Crippen LogP contribution < -0.4 is 0 Å². The normalized spacial score (nSPS) is 27.9. The summed E-state index contributed by atoms with van der Waals surface area (Å²) in [5.74, 6) is -0.223. The Morgan fingerprint density at radius 3 is 2.96 bits per heavy atom. The summed E-state index contributed by atoms with van der Waals surface area (Å²) in [6.07, 6.45) is 3.90. The lowest BCUT2D eigenvalue weighted by atomic mass is 9.67. The molecule has 4 aliphatic rings. The van der Waals surface area contributed by atoms with Gasteiger partial charge in [-0.2, -0.15) is 0 Å². The fourth-order valence-corrected chi connectivity index (χ4v) is 5.09. The van der Waals surface area contributed by atoms with Gasteiger partial charge < -0.3 is 14.4 Å². The lowest BCUT2D eigenvalue weighted by Crippen LogP contribution is -2.47. The number of carbonyl (C=O) groups is 1. The highest BCUT2D eigenvalue weighted by molar-refractivity contribution is 5.97. The molecule has 0 unspecified atom stereocenters. The average Bonchev–Trinajstić information content (AvgIpc) is 3.05. The molecule has 0 amide bonds. The van der Waals surface area contributed by atoms with Crippen LogP contribution in [-0.4, -0.2) is 33.8 Å². The molecule has 1 aromatic carbocycles. The summed E-state index contributed by atoms with van der Waals surface area (Å²) in [5, 5.41) is 11.6. The average molecular weight is 350 g/mol. The number of carbonyl (C=O) groups excluding carboxylic acids is 1. The highest BCUT2D eigenvalue weighted by atomic mass is 16.5. The number of hydrogen-bond donors (Lipinski definition) is 1. The van der Waals surface area contributed by atoms with E-state index < -0.39 is 12.0 Å². The number of nitrogens with zero attached hydrogens (tertiary/aromatic N) is 2. The van der Waals surface area contributed by atoms with Crippen molar-refractivity contribution in [3.05, 3.63) is 42.2 Å². The van der Waals surface area contributed by atoms with Crippen molar-refractivity contribution in [3.63, 3.8) is 0 Å². The van der Waals surface area contributed by atoms with Crippen LogP contribution in [0.3, 0.4) is 0 Å². The first kappa shape index (κ1) is 15.8. The van der Waals surface area contributed by atoms with Gasteiger partial charge in [-0.1, -0.05) is 18.2 Å². The van der Waals surface area contributed by atoms with Crippen LogP contribution in [0.4, 0.5) is 0 Å². The third-order valence-electron chi connectivity index (χ3n) is 6.37. The minimum atomic E-state index is -0.610. The summed E-state index contributed by atoms with van der Waals surface area (Å²) in [6, 6.07) is 10.4. The van der Waals surface area contributed by atoms with Crippen LogP contribution in [0.15, 0.2) is 36.5 Å². The van der Waals surface area contributed by atoms with Crippen LogP contribution in [0.5, 0.6) is 0 Å². The van der Waals surface area contributed by atoms with Crippen LogP contribution >= 0.6 is 0 Å². The largest absolute Gasteiger partial charge is 0.469 e. The van der Waals surface area contributed by atoms with E-state index in [4.69, 9.17) is 9.72 Å². The van der Waals surface area contributed by atoms with Gasteiger partial charge in [0.15, 0.2) is 0 Å². The van der Waals surface area contributed by atoms with Gasteiger partial charge in [-0.25, -0.2) is 4.98 Å². The molecule has 5 heteroatoms. The Morgan fingerprint density at radius 2 is 2.12 bits per heavy atom. The van der Waals surface area contributed by atoms with Crippen LogP contribution in [-0.2, 0) is 22.5 Å². The Morgan fingerprint density at radius 1 is 1.27 bits per heavy atom. The van der Waals surface area contributed by atoms with E-state index in [0.717, 1.165) is 36.2 Å². The maximum absolute atomic E-state index is 12.3. The van der Waals surface area contributed by atoms with Gasteiger partial charge in [0.05, 0.1) is 30.3 Å². The molecule has 5 nitrogen and oxygen atoms in total. The number of fused-ring (bicyclic) bond motifs is 6. The van der Waals surface area contributed by atoms with Crippen molar-refractivity contribution in [2.75, 3.05) is 7.11 Å². The first-order valence-electron chi connectivity index (χ1n) is 9.29. The molecule has 0 bridgehead atoms. The Bertz CT molecular complexity index is 963. The maximum Gasteiger partial charge on any atom is 0.311 e. The number of aromatic nitrogens is 2. The second-order valence-corrected chi connectivity index (χ2v) is 7.63. The summed E-state index contributed by atoms with van der Waals surface area (Å²) in [6.45, 7) is 0.874. The van der Waals surface area contributed by atoms with E-state index >= 15 is 0 Å². The third-order valence-corrected chi connectivity index (χ3v) is 6.37. The summed E-state index contributed by atoms with van der Waals surface area (Å²) < 4.78 is 7.30. The second kappa shape index (κ2) is 5.81. The molecular weight excluding hydrogens is 328 g/mol. The Hall–Kier alpha value is -2.40. The highest BCUT2D eigenvalue weighted by Gasteiger charge is 2.46. The van der Waals surface area contributed by atoms with E-state index in [2.05, 4.69) is 22.9 Å². The lowest BCUT2D eigenvalue weighted by molar-refractivity contribution is -0.157. The van der Waals surface area contributed by atoms with Crippen LogP contribution in [0.1, 0.15) is 18.5 Å². The zero-order valence-electron chi connectivity index (χ0n) is 14.8. The van der Waals surface area contributed by atoms with Gasteiger partial charge in [0.25, 0.3) is 0 Å². The zero-order chi connectivity index (χ0) is 17.8. The predicted molar refractivity (Wildman–Crippen MR) is 97.8 cm³/mol. The number of rotatable bonds is 1. The number of pyridine rings is 1. The van der Waals surface area contributed by atoms with Gasteiger partial charge in [-0.15, -0.1) is 0 Å². The lowest BCUT2D eigenvalue weighted by Gasteiger charge is -2.43. The minimum Gasteiger partial charge on any atom is -0.469 e. The van der Waals surface area contributed by atoms with Gasteiger partial charge in [-0.3, -0.25) is 4.79 Å². The zero-order valence-corrected chi connectivity index (χ0v) is 14.8. The molecule has 0 saturated heterocycles. The molecule has 1 N–H and O–H groups in total. The summed E-state index contributed by atoms with van der Waals surface area (Å²) >= 11 is 0. The molecule has 1 aliphatic carbocycles. The molecule has 0 aromatic heterocycles. The van der Waals surface area contributed by atoms with E-state index in [-0.39, 0.29) is 11.9 Å².